The van der Waals surface area contributed by atoms with Gasteiger partial charge in [0, 0.05) is 31.1 Å². The predicted octanol–water partition coefficient (Wildman–Crippen LogP) is 2.74. The largest absolute Gasteiger partial charge is 0.369 e. The summed E-state index contributed by atoms with van der Waals surface area (Å²) in [7, 11) is 0. The number of piperidine rings is 1. The van der Waals surface area contributed by atoms with Crippen molar-refractivity contribution in [2.45, 2.75) is 32.5 Å². The SMILES string of the molecule is NC(=O)C1CCCN(Cc2cccc(CNCc3cccs3)c2)C1. The topological polar surface area (TPSA) is 58.4 Å². The number of hydrogen-bond acceptors (Lipinski definition) is 4. The molecule has 1 unspecified atom stereocenters. The number of nitrogens with zero attached hydrogens (tertiary/aromatic N) is 1. The normalized spacial score (nSPS) is 18.6. The van der Waals surface area contributed by atoms with Crippen molar-refractivity contribution in [1.29, 1.82) is 0 Å². The second-order valence-corrected chi connectivity index (χ2v) is 7.51. The second kappa shape index (κ2) is 8.42. The van der Waals surface area contributed by atoms with Crippen LogP contribution in [-0.2, 0) is 24.4 Å². The summed E-state index contributed by atoms with van der Waals surface area (Å²) in [6.45, 7) is 4.51. The molecule has 1 aliphatic heterocycles. The molecule has 128 valence electrons. The summed E-state index contributed by atoms with van der Waals surface area (Å²) in [5, 5.41) is 5.60. The van der Waals surface area contributed by atoms with Gasteiger partial charge in [-0.15, -0.1) is 11.3 Å². The predicted molar refractivity (Wildman–Crippen MR) is 98.5 cm³/mol. The van der Waals surface area contributed by atoms with Gasteiger partial charge in [0.05, 0.1) is 5.92 Å². The van der Waals surface area contributed by atoms with Gasteiger partial charge in [-0.25, -0.2) is 0 Å². The van der Waals surface area contributed by atoms with Crippen molar-refractivity contribution in [3.05, 3.63) is 57.8 Å². The van der Waals surface area contributed by atoms with Gasteiger partial charge in [-0.2, -0.15) is 0 Å². The zero-order valence-corrected chi connectivity index (χ0v) is 14.7. The zero-order valence-electron chi connectivity index (χ0n) is 13.9. The van der Waals surface area contributed by atoms with Gasteiger partial charge in [-0.1, -0.05) is 30.3 Å². The molecule has 2 heterocycles. The van der Waals surface area contributed by atoms with E-state index in [1.165, 1.54) is 16.0 Å². The van der Waals surface area contributed by atoms with Crippen LogP contribution in [-0.4, -0.2) is 23.9 Å². The molecule has 0 bridgehead atoms. The minimum atomic E-state index is -0.161. The van der Waals surface area contributed by atoms with E-state index < -0.39 is 0 Å². The number of nitrogens with one attached hydrogen (secondary N) is 1. The first-order valence-electron chi connectivity index (χ1n) is 8.53. The van der Waals surface area contributed by atoms with Crippen molar-refractivity contribution in [3.8, 4) is 0 Å². The van der Waals surface area contributed by atoms with Crippen LogP contribution < -0.4 is 11.1 Å². The van der Waals surface area contributed by atoms with E-state index in [1.807, 2.05) is 0 Å². The third kappa shape index (κ3) is 4.90. The lowest BCUT2D eigenvalue weighted by Crippen LogP contribution is -2.40. The molecule has 0 saturated carbocycles. The maximum absolute atomic E-state index is 11.4. The molecule has 1 amide bonds. The fraction of sp³-hybridized carbons (Fsp3) is 0.421. The first kappa shape index (κ1) is 17.1. The highest BCUT2D eigenvalue weighted by molar-refractivity contribution is 7.09. The van der Waals surface area contributed by atoms with E-state index in [9.17, 15) is 4.79 Å². The number of carbonyl (C=O) groups excluding carboxylic acids is 1. The Balaban J connectivity index is 1.52. The van der Waals surface area contributed by atoms with Gasteiger partial charge in [-0.3, -0.25) is 9.69 Å². The molecule has 3 rings (SSSR count). The van der Waals surface area contributed by atoms with E-state index in [4.69, 9.17) is 5.73 Å². The van der Waals surface area contributed by atoms with Crippen molar-refractivity contribution in [2.75, 3.05) is 13.1 Å². The number of benzene rings is 1. The molecule has 1 aromatic heterocycles. The Kier molecular flexibility index (Phi) is 6.01. The van der Waals surface area contributed by atoms with Gasteiger partial charge in [0.2, 0.25) is 5.91 Å². The molecule has 3 N–H and O–H groups in total. The lowest BCUT2D eigenvalue weighted by Gasteiger charge is -2.31. The van der Waals surface area contributed by atoms with Crippen LogP contribution in [0.1, 0.15) is 28.8 Å². The summed E-state index contributed by atoms with van der Waals surface area (Å²) < 4.78 is 0. The second-order valence-electron chi connectivity index (χ2n) is 6.48. The summed E-state index contributed by atoms with van der Waals surface area (Å²) >= 11 is 1.78. The summed E-state index contributed by atoms with van der Waals surface area (Å²) in [6, 6.07) is 12.9. The number of thiophene rings is 1. The third-order valence-corrected chi connectivity index (χ3v) is 5.39. The molecule has 1 aromatic carbocycles. The molecule has 1 atom stereocenters. The maximum atomic E-state index is 11.4. The number of primary amides is 1. The van der Waals surface area contributed by atoms with Crippen LogP contribution in [0.4, 0.5) is 0 Å². The lowest BCUT2D eigenvalue weighted by atomic mass is 9.97. The Bertz CT molecular complexity index is 656. The van der Waals surface area contributed by atoms with Gasteiger partial charge in [0.25, 0.3) is 0 Å². The number of rotatable bonds is 7. The molecule has 0 aliphatic carbocycles. The first-order valence-corrected chi connectivity index (χ1v) is 9.41. The van der Waals surface area contributed by atoms with E-state index in [-0.39, 0.29) is 11.8 Å². The van der Waals surface area contributed by atoms with Crippen LogP contribution >= 0.6 is 11.3 Å². The molecular formula is C19H25N3OS. The minimum absolute atomic E-state index is 0.00870. The van der Waals surface area contributed by atoms with E-state index in [1.54, 1.807) is 11.3 Å². The van der Waals surface area contributed by atoms with E-state index in [2.05, 4.69) is 52.0 Å². The smallest absolute Gasteiger partial charge is 0.221 e. The quantitative estimate of drug-likeness (QED) is 0.813. The number of carbonyl (C=O) groups is 1. The van der Waals surface area contributed by atoms with E-state index >= 15 is 0 Å². The monoisotopic (exact) mass is 343 g/mol. The zero-order chi connectivity index (χ0) is 16.8. The summed E-state index contributed by atoms with van der Waals surface area (Å²) in [6.07, 6.45) is 1.98. The number of amides is 1. The Morgan fingerprint density at radius 1 is 1.25 bits per heavy atom. The van der Waals surface area contributed by atoms with Crippen LogP contribution in [0.25, 0.3) is 0 Å². The molecule has 24 heavy (non-hydrogen) atoms. The van der Waals surface area contributed by atoms with Gasteiger partial charge in [0.1, 0.15) is 0 Å². The molecule has 1 saturated heterocycles. The number of nitrogens with two attached hydrogens (primary N) is 1. The highest BCUT2D eigenvalue weighted by Gasteiger charge is 2.23. The fourth-order valence-electron chi connectivity index (χ4n) is 3.27. The molecule has 5 heteroatoms. The maximum Gasteiger partial charge on any atom is 0.221 e. The minimum Gasteiger partial charge on any atom is -0.369 e. The number of likely N-dealkylation sites (tertiary alicyclic amines) is 1. The average Bonchev–Trinajstić information content (AvgIpc) is 3.09. The van der Waals surface area contributed by atoms with Gasteiger partial charge in [-0.05, 0) is 42.0 Å². The molecule has 1 aliphatic rings. The van der Waals surface area contributed by atoms with E-state index in [0.717, 1.165) is 45.6 Å². The van der Waals surface area contributed by atoms with Crippen molar-refractivity contribution in [2.24, 2.45) is 11.7 Å². The lowest BCUT2D eigenvalue weighted by molar-refractivity contribution is -0.123. The van der Waals surface area contributed by atoms with Crippen molar-refractivity contribution in [1.82, 2.24) is 10.2 Å². The molecule has 0 spiro atoms. The Hall–Kier alpha value is -1.69. The third-order valence-electron chi connectivity index (χ3n) is 4.51. The average molecular weight is 343 g/mol. The Labute approximate surface area is 147 Å². The first-order chi connectivity index (χ1) is 11.7. The number of hydrogen-bond donors (Lipinski definition) is 2. The molecular weight excluding hydrogens is 318 g/mol. The summed E-state index contributed by atoms with van der Waals surface area (Å²) in [5.41, 5.74) is 8.07. The highest BCUT2D eigenvalue weighted by atomic mass is 32.1. The standard InChI is InChI=1S/C19H25N3OS/c20-19(23)17-6-2-8-22(14-17)13-16-5-1-4-15(10-16)11-21-12-18-7-3-9-24-18/h1,3-5,7,9-10,17,21H,2,6,8,11-14H2,(H2,20,23). The van der Waals surface area contributed by atoms with Crippen molar-refractivity contribution < 1.29 is 4.79 Å². The Morgan fingerprint density at radius 2 is 2.12 bits per heavy atom. The molecule has 1 fully saturated rings. The van der Waals surface area contributed by atoms with Gasteiger partial charge < -0.3 is 11.1 Å². The summed E-state index contributed by atoms with van der Waals surface area (Å²) in [4.78, 5) is 15.1. The van der Waals surface area contributed by atoms with Crippen LogP contribution in [0.15, 0.2) is 41.8 Å². The van der Waals surface area contributed by atoms with Crippen LogP contribution in [0, 0.1) is 5.92 Å². The molecule has 0 radical (unpaired) electrons. The van der Waals surface area contributed by atoms with Crippen molar-refractivity contribution >= 4 is 17.2 Å². The fourth-order valence-corrected chi connectivity index (χ4v) is 3.95. The van der Waals surface area contributed by atoms with Crippen LogP contribution in [0.3, 0.4) is 0 Å². The van der Waals surface area contributed by atoms with Crippen LogP contribution in [0.2, 0.25) is 0 Å². The Morgan fingerprint density at radius 3 is 2.92 bits per heavy atom. The van der Waals surface area contributed by atoms with Crippen LogP contribution in [0.5, 0.6) is 0 Å². The highest BCUT2D eigenvalue weighted by Crippen LogP contribution is 2.19. The van der Waals surface area contributed by atoms with Gasteiger partial charge >= 0.3 is 0 Å². The molecule has 2 aromatic rings. The van der Waals surface area contributed by atoms with E-state index in [0.29, 0.717) is 0 Å². The molecule has 4 nitrogen and oxygen atoms in total. The summed E-state index contributed by atoms with van der Waals surface area (Å²) in [5.74, 6) is -0.152. The van der Waals surface area contributed by atoms with Crippen molar-refractivity contribution in [3.63, 3.8) is 0 Å². The van der Waals surface area contributed by atoms with Gasteiger partial charge in [0.15, 0.2) is 0 Å².